The number of pyridine rings is 1. The average Bonchev–Trinajstić information content (AvgIpc) is 3.38. The predicted octanol–water partition coefficient (Wildman–Crippen LogP) is 5.02. The first-order valence-corrected chi connectivity index (χ1v) is 11.7. The molecule has 2 aromatic heterocycles. The highest BCUT2D eigenvalue weighted by molar-refractivity contribution is 14.1. The Morgan fingerprint density at radius 1 is 1.10 bits per heavy atom. The maximum atomic E-state index is 5.92. The summed E-state index contributed by atoms with van der Waals surface area (Å²) in [5.41, 5.74) is 5.47. The molecule has 4 heterocycles. The van der Waals surface area contributed by atoms with Crippen molar-refractivity contribution in [3.8, 4) is 11.3 Å². The molecule has 5 rings (SSSR count). The second-order valence-electron chi connectivity index (χ2n) is 8.19. The molecule has 2 aliphatic heterocycles. The van der Waals surface area contributed by atoms with E-state index >= 15 is 0 Å². The molecule has 6 nitrogen and oxygen atoms in total. The van der Waals surface area contributed by atoms with Crippen LogP contribution in [-0.2, 0) is 15.9 Å². The van der Waals surface area contributed by atoms with E-state index in [-0.39, 0.29) is 0 Å². The zero-order valence-corrected chi connectivity index (χ0v) is 19.8. The van der Waals surface area contributed by atoms with Crippen LogP contribution in [0.4, 0.5) is 5.82 Å². The van der Waals surface area contributed by atoms with Crippen LogP contribution < -0.4 is 4.90 Å². The van der Waals surface area contributed by atoms with E-state index in [0.29, 0.717) is 13.2 Å². The van der Waals surface area contributed by atoms with Gasteiger partial charge in [0.1, 0.15) is 5.82 Å². The van der Waals surface area contributed by atoms with Crippen LogP contribution >= 0.6 is 22.6 Å². The van der Waals surface area contributed by atoms with Crippen molar-refractivity contribution in [3.05, 3.63) is 38.6 Å². The zero-order chi connectivity index (χ0) is 20.9. The van der Waals surface area contributed by atoms with E-state index in [1.165, 1.54) is 20.1 Å². The van der Waals surface area contributed by atoms with Gasteiger partial charge >= 0.3 is 0 Å². The minimum atomic E-state index is -0.407. The van der Waals surface area contributed by atoms with Crippen LogP contribution in [0.2, 0.25) is 0 Å². The fourth-order valence-corrected chi connectivity index (χ4v) is 5.38. The van der Waals surface area contributed by atoms with Gasteiger partial charge in [0.15, 0.2) is 11.5 Å². The topological polar surface area (TPSA) is 60.6 Å². The van der Waals surface area contributed by atoms with Gasteiger partial charge in [-0.2, -0.15) is 0 Å². The standard InChI is InChI=1S/C23H26IN3O3/c1-4-16-12-17-15(3)20(19-11-14(2)26-30-19)22(25-21(17)18(24)13-16)27-7-5-23(6-8-27)28-9-10-29-23/h11-13H,4-10H2,1-3H3. The lowest BCUT2D eigenvalue weighted by Gasteiger charge is -2.39. The molecule has 2 saturated heterocycles. The Morgan fingerprint density at radius 3 is 2.47 bits per heavy atom. The van der Waals surface area contributed by atoms with Crippen molar-refractivity contribution in [2.75, 3.05) is 31.2 Å². The minimum absolute atomic E-state index is 0.407. The first kappa shape index (κ1) is 20.2. The van der Waals surface area contributed by atoms with Crippen molar-refractivity contribution >= 4 is 39.3 Å². The van der Waals surface area contributed by atoms with E-state index < -0.39 is 5.79 Å². The van der Waals surface area contributed by atoms with Gasteiger partial charge in [-0.25, -0.2) is 4.98 Å². The third-order valence-electron chi connectivity index (χ3n) is 6.26. The van der Waals surface area contributed by atoms with E-state index in [4.69, 9.17) is 19.0 Å². The molecule has 1 aromatic carbocycles. The molecular weight excluding hydrogens is 493 g/mol. The molecule has 0 aliphatic carbocycles. The molecule has 7 heteroatoms. The van der Waals surface area contributed by atoms with Crippen LogP contribution in [0.5, 0.6) is 0 Å². The van der Waals surface area contributed by atoms with Gasteiger partial charge in [-0.3, -0.25) is 0 Å². The van der Waals surface area contributed by atoms with E-state index in [1.807, 2.05) is 13.0 Å². The number of ether oxygens (including phenoxy) is 2. The molecule has 0 amide bonds. The fraction of sp³-hybridized carbons (Fsp3) is 0.478. The molecule has 0 atom stereocenters. The summed E-state index contributed by atoms with van der Waals surface area (Å²) in [6.45, 7) is 9.36. The molecule has 158 valence electrons. The Hall–Kier alpha value is -1.71. The minimum Gasteiger partial charge on any atom is -0.356 e. The summed E-state index contributed by atoms with van der Waals surface area (Å²) in [7, 11) is 0. The molecule has 2 aliphatic rings. The SMILES string of the molecule is CCc1cc(I)c2nc(N3CCC4(CC3)OCCO4)c(-c3cc(C)no3)c(C)c2c1. The van der Waals surface area contributed by atoms with Gasteiger partial charge in [0.25, 0.3) is 0 Å². The maximum absolute atomic E-state index is 5.92. The summed E-state index contributed by atoms with van der Waals surface area (Å²) in [6.07, 6.45) is 2.68. The van der Waals surface area contributed by atoms with Crippen LogP contribution in [-0.4, -0.2) is 42.2 Å². The number of aryl methyl sites for hydroxylation is 3. The summed E-state index contributed by atoms with van der Waals surface area (Å²) in [5.74, 6) is 1.33. The van der Waals surface area contributed by atoms with Crippen LogP contribution in [0.1, 0.15) is 36.6 Å². The first-order chi connectivity index (χ1) is 14.5. The Labute approximate surface area is 190 Å². The smallest absolute Gasteiger partial charge is 0.171 e. The lowest BCUT2D eigenvalue weighted by Crippen LogP contribution is -2.45. The lowest BCUT2D eigenvalue weighted by molar-refractivity contribution is -0.169. The van der Waals surface area contributed by atoms with Gasteiger partial charge < -0.3 is 18.9 Å². The summed E-state index contributed by atoms with van der Waals surface area (Å²) in [5, 5.41) is 5.33. The van der Waals surface area contributed by atoms with E-state index in [9.17, 15) is 0 Å². The Morgan fingerprint density at radius 2 is 1.83 bits per heavy atom. The summed E-state index contributed by atoms with van der Waals surface area (Å²) in [4.78, 5) is 7.53. The van der Waals surface area contributed by atoms with Gasteiger partial charge in [-0.05, 0) is 66.1 Å². The van der Waals surface area contributed by atoms with E-state index in [0.717, 1.165) is 60.7 Å². The number of anilines is 1. The molecule has 0 bridgehead atoms. The van der Waals surface area contributed by atoms with Crippen molar-refractivity contribution in [3.63, 3.8) is 0 Å². The average molecular weight is 519 g/mol. The molecule has 3 aromatic rings. The number of nitrogens with zero attached hydrogens (tertiary/aromatic N) is 3. The second-order valence-corrected chi connectivity index (χ2v) is 9.35. The number of aromatic nitrogens is 2. The summed E-state index contributed by atoms with van der Waals surface area (Å²) < 4.78 is 18.8. The molecule has 30 heavy (non-hydrogen) atoms. The van der Waals surface area contributed by atoms with Gasteiger partial charge in [-0.15, -0.1) is 0 Å². The van der Waals surface area contributed by atoms with Crippen molar-refractivity contribution in [2.24, 2.45) is 0 Å². The quantitative estimate of drug-likeness (QED) is 0.454. The lowest BCUT2D eigenvalue weighted by atomic mass is 9.97. The monoisotopic (exact) mass is 519 g/mol. The van der Waals surface area contributed by atoms with Crippen molar-refractivity contribution in [1.82, 2.24) is 10.1 Å². The molecule has 0 N–H and O–H groups in total. The van der Waals surface area contributed by atoms with Crippen LogP contribution in [0.15, 0.2) is 22.7 Å². The Balaban J connectivity index is 1.65. The number of benzene rings is 1. The highest BCUT2D eigenvalue weighted by atomic mass is 127. The Bertz CT molecular complexity index is 1090. The zero-order valence-electron chi connectivity index (χ0n) is 17.6. The third-order valence-corrected chi connectivity index (χ3v) is 7.09. The number of piperidine rings is 1. The third kappa shape index (κ3) is 3.40. The number of hydrogen-bond donors (Lipinski definition) is 0. The fourth-order valence-electron chi connectivity index (χ4n) is 4.57. The van der Waals surface area contributed by atoms with Crippen molar-refractivity contribution in [2.45, 2.75) is 45.8 Å². The van der Waals surface area contributed by atoms with Gasteiger partial charge in [0, 0.05) is 41.0 Å². The van der Waals surface area contributed by atoms with Gasteiger partial charge in [-0.1, -0.05) is 12.1 Å². The molecular formula is C23H26IN3O3. The maximum Gasteiger partial charge on any atom is 0.171 e. The molecule has 1 spiro atoms. The van der Waals surface area contributed by atoms with Crippen molar-refractivity contribution in [1.29, 1.82) is 0 Å². The summed E-state index contributed by atoms with van der Waals surface area (Å²) in [6, 6.07) is 6.51. The molecule has 2 fully saturated rings. The number of halogens is 1. The van der Waals surface area contributed by atoms with Crippen LogP contribution in [0.3, 0.4) is 0 Å². The van der Waals surface area contributed by atoms with Gasteiger partial charge in [0.2, 0.25) is 0 Å². The number of hydrogen-bond acceptors (Lipinski definition) is 6. The Kier molecular flexibility index (Phi) is 5.23. The second kappa shape index (κ2) is 7.76. The number of rotatable bonds is 3. The number of fused-ring (bicyclic) bond motifs is 1. The predicted molar refractivity (Wildman–Crippen MR) is 125 cm³/mol. The summed E-state index contributed by atoms with van der Waals surface area (Å²) >= 11 is 2.41. The largest absolute Gasteiger partial charge is 0.356 e. The van der Waals surface area contributed by atoms with E-state index in [1.54, 1.807) is 0 Å². The first-order valence-electron chi connectivity index (χ1n) is 10.6. The van der Waals surface area contributed by atoms with Crippen molar-refractivity contribution < 1.29 is 14.0 Å². The normalized spacial score (nSPS) is 18.6. The van der Waals surface area contributed by atoms with Gasteiger partial charge in [0.05, 0.1) is 30.0 Å². The molecule has 0 unspecified atom stereocenters. The highest BCUT2D eigenvalue weighted by Gasteiger charge is 2.40. The van der Waals surface area contributed by atoms with E-state index in [2.05, 4.69) is 58.6 Å². The van der Waals surface area contributed by atoms with Crippen LogP contribution in [0, 0.1) is 17.4 Å². The highest BCUT2D eigenvalue weighted by Crippen LogP contribution is 2.41. The van der Waals surface area contributed by atoms with Crippen LogP contribution in [0.25, 0.3) is 22.2 Å². The molecule has 0 saturated carbocycles. The molecule has 0 radical (unpaired) electrons.